The molecule has 0 aliphatic rings. The van der Waals surface area contributed by atoms with Crippen molar-refractivity contribution in [2.45, 2.75) is 13.3 Å². The van der Waals surface area contributed by atoms with E-state index < -0.39 is 0 Å². The smallest absolute Gasteiger partial charge is 0.307 e. The number of rotatable bonds is 5. The fraction of sp³-hybridized carbons (Fsp3) is 0.400. The van der Waals surface area contributed by atoms with Gasteiger partial charge in [0.2, 0.25) is 5.65 Å². The minimum atomic E-state index is -0.228. The van der Waals surface area contributed by atoms with Crippen LogP contribution in [0.1, 0.15) is 13.3 Å². The summed E-state index contributed by atoms with van der Waals surface area (Å²) in [6.07, 6.45) is 5.28. The van der Waals surface area contributed by atoms with Crippen molar-refractivity contribution < 1.29 is 9.53 Å². The molecule has 0 aliphatic carbocycles. The Morgan fingerprint density at radius 1 is 1.59 bits per heavy atom. The van der Waals surface area contributed by atoms with Gasteiger partial charge in [0.05, 0.1) is 13.0 Å². The molecule has 2 heterocycles. The van der Waals surface area contributed by atoms with E-state index in [2.05, 4.69) is 20.5 Å². The number of hydrogen-bond acceptors (Lipinski definition) is 6. The predicted octanol–water partition coefficient (Wildman–Crippen LogP) is 0.489. The first-order chi connectivity index (χ1) is 8.31. The minimum Gasteiger partial charge on any atom is -0.466 e. The molecule has 2 aromatic heterocycles. The number of ether oxygens (including phenoxy) is 1. The second-order valence-electron chi connectivity index (χ2n) is 3.32. The molecular weight excluding hydrogens is 222 g/mol. The predicted molar refractivity (Wildman–Crippen MR) is 60.5 cm³/mol. The van der Waals surface area contributed by atoms with Gasteiger partial charge in [-0.3, -0.25) is 9.20 Å². The van der Waals surface area contributed by atoms with Crippen LogP contribution in [0.2, 0.25) is 0 Å². The summed E-state index contributed by atoms with van der Waals surface area (Å²) in [5, 5.41) is 10.7. The van der Waals surface area contributed by atoms with E-state index in [0.717, 1.165) is 0 Å². The number of nitrogens with zero attached hydrogens (tertiary/aromatic N) is 4. The summed E-state index contributed by atoms with van der Waals surface area (Å²) < 4.78 is 6.57. The number of esters is 1. The zero-order valence-electron chi connectivity index (χ0n) is 9.46. The number of fused-ring (bicyclic) bond motifs is 1. The molecule has 0 atom stereocenters. The van der Waals surface area contributed by atoms with E-state index in [1.165, 1.54) is 0 Å². The minimum absolute atomic E-state index is 0.228. The molecule has 90 valence electrons. The maximum absolute atomic E-state index is 11.1. The zero-order chi connectivity index (χ0) is 12.1. The lowest BCUT2D eigenvalue weighted by Crippen LogP contribution is -2.12. The van der Waals surface area contributed by atoms with Crippen LogP contribution >= 0.6 is 0 Å². The highest BCUT2D eigenvalue weighted by atomic mass is 16.5. The Hall–Kier alpha value is -2.18. The third-order valence-corrected chi connectivity index (χ3v) is 2.14. The van der Waals surface area contributed by atoms with Gasteiger partial charge in [0.25, 0.3) is 0 Å². The average Bonchev–Trinajstić information content (AvgIpc) is 2.78. The van der Waals surface area contributed by atoms with Gasteiger partial charge in [-0.2, -0.15) is 0 Å². The number of nitrogens with one attached hydrogen (secondary N) is 1. The lowest BCUT2D eigenvalue weighted by molar-refractivity contribution is -0.142. The third-order valence-electron chi connectivity index (χ3n) is 2.14. The van der Waals surface area contributed by atoms with E-state index in [1.807, 2.05) is 0 Å². The SMILES string of the molecule is CCOC(=O)CCNc1nccn2cnnc12. The Morgan fingerprint density at radius 3 is 3.29 bits per heavy atom. The molecule has 2 rings (SSSR count). The van der Waals surface area contributed by atoms with E-state index in [9.17, 15) is 4.79 Å². The largest absolute Gasteiger partial charge is 0.466 e. The van der Waals surface area contributed by atoms with Gasteiger partial charge < -0.3 is 10.1 Å². The zero-order valence-corrected chi connectivity index (χ0v) is 9.46. The highest BCUT2D eigenvalue weighted by molar-refractivity contribution is 5.70. The Balaban J connectivity index is 1.95. The quantitative estimate of drug-likeness (QED) is 0.759. The molecule has 1 N–H and O–H groups in total. The Labute approximate surface area is 97.8 Å². The molecule has 0 saturated carbocycles. The summed E-state index contributed by atoms with van der Waals surface area (Å²) in [5.74, 6) is 0.378. The first-order valence-electron chi connectivity index (χ1n) is 5.35. The number of hydrogen-bond donors (Lipinski definition) is 1. The molecule has 0 fully saturated rings. The molecular formula is C10H13N5O2. The fourth-order valence-corrected chi connectivity index (χ4v) is 1.40. The summed E-state index contributed by atoms with van der Waals surface area (Å²) in [4.78, 5) is 15.3. The molecule has 0 aliphatic heterocycles. The van der Waals surface area contributed by atoms with Gasteiger partial charge in [-0.15, -0.1) is 10.2 Å². The summed E-state index contributed by atoms with van der Waals surface area (Å²) in [6.45, 7) is 2.64. The first-order valence-corrected chi connectivity index (χ1v) is 5.35. The van der Waals surface area contributed by atoms with Crippen molar-refractivity contribution in [1.82, 2.24) is 19.6 Å². The topological polar surface area (TPSA) is 81.4 Å². The molecule has 0 saturated heterocycles. The monoisotopic (exact) mass is 235 g/mol. The first kappa shape index (κ1) is 11.3. The van der Waals surface area contributed by atoms with E-state index in [1.54, 1.807) is 30.0 Å². The molecule has 0 aromatic carbocycles. The summed E-state index contributed by atoms with van der Waals surface area (Å²) >= 11 is 0. The normalized spacial score (nSPS) is 10.4. The van der Waals surface area contributed by atoms with Crippen LogP contribution in [0.25, 0.3) is 5.65 Å². The van der Waals surface area contributed by atoms with Crippen molar-refractivity contribution >= 4 is 17.4 Å². The molecule has 0 bridgehead atoms. The molecule has 2 aromatic rings. The van der Waals surface area contributed by atoms with Crippen LogP contribution in [0.5, 0.6) is 0 Å². The van der Waals surface area contributed by atoms with Crippen LogP contribution < -0.4 is 5.32 Å². The standard InChI is InChI=1S/C10H13N5O2/c1-2-17-8(16)3-4-11-9-10-14-13-7-15(10)6-5-12-9/h5-7H,2-4H2,1H3,(H,11,12). The van der Waals surface area contributed by atoms with Crippen LogP contribution in [-0.4, -0.2) is 38.7 Å². The Bertz CT molecular complexity index is 510. The van der Waals surface area contributed by atoms with Crippen LogP contribution in [0.15, 0.2) is 18.7 Å². The Morgan fingerprint density at radius 2 is 2.47 bits per heavy atom. The van der Waals surface area contributed by atoms with Crippen LogP contribution in [0, 0.1) is 0 Å². The maximum Gasteiger partial charge on any atom is 0.307 e. The lowest BCUT2D eigenvalue weighted by atomic mass is 10.4. The Kier molecular flexibility index (Phi) is 3.49. The maximum atomic E-state index is 11.1. The van der Waals surface area contributed by atoms with Crippen molar-refractivity contribution in [3.05, 3.63) is 18.7 Å². The van der Waals surface area contributed by atoms with Crippen molar-refractivity contribution in [2.75, 3.05) is 18.5 Å². The highest BCUT2D eigenvalue weighted by Crippen LogP contribution is 2.09. The average molecular weight is 235 g/mol. The third kappa shape index (κ3) is 2.68. The second kappa shape index (κ2) is 5.24. The van der Waals surface area contributed by atoms with E-state index in [4.69, 9.17) is 4.74 Å². The van der Waals surface area contributed by atoms with Gasteiger partial charge in [-0.25, -0.2) is 4.98 Å². The molecule has 0 unspecified atom stereocenters. The molecule has 7 nitrogen and oxygen atoms in total. The number of carbonyl (C=O) groups is 1. The number of carbonyl (C=O) groups excluding carboxylic acids is 1. The van der Waals surface area contributed by atoms with Gasteiger partial charge in [0, 0.05) is 18.9 Å². The molecule has 0 amide bonds. The van der Waals surface area contributed by atoms with E-state index in [0.29, 0.717) is 31.0 Å². The lowest BCUT2D eigenvalue weighted by Gasteiger charge is -2.05. The molecule has 0 radical (unpaired) electrons. The van der Waals surface area contributed by atoms with Gasteiger partial charge in [-0.05, 0) is 6.92 Å². The fourth-order valence-electron chi connectivity index (χ4n) is 1.40. The molecule has 17 heavy (non-hydrogen) atoms. The summed E-state index contributed by atoms with van der Waals surface area (Å²) in [6, 6.07) is 0. The summed E-state index contributed by atoms with van der Waals surface area (Å²) in [5.41, 5.74) is 0.636. The van der Waals surface area contributed by atoms with Crippen LogP contribution in [0.3, 0.4) is 0 Å². The van der Waals surface area contributed by atoms with Gasteiger partial charge in [0.1, 0.15) is 6.33 Å². The highest BCUT2D eigenvalue weighted by Gasteiger charge is 2.05. The van der Waals surface area contributed by atoms with Gasteiger partial charge in [-0.1, -0.05) is 0 Å². The number of anilines is 1. The van der Waals surface area contributed by atoms with Gasteiger partial charge >= 0.3 is 5.97 Å². The van der Waals surface area contributed by atoms with Crippen molar-refractivity contribution in [2.24, 2.45) is 0 Å². The van der Waals surface area contributed by atoms with E-state index in [-0.39, 0.29) is 5.97 Å². The molecule has 7 heteroatoms. The van der Waals surface area contributed by atoms with E-state index >= 15 is 0 Å². The van der Waals surface area contributed by atoms with Crippen molar-refractivity contribution in [3.8, 4) is 0 Å². The van der Waals surface area contributed by atoms with Crippen LogP contribution in [-0.2, 0) is 9.53 Å². The second-order valence-corrected chi connectivity index (χ2v) is 3.32. The molecule has 0 spiro atoms. The van der Waals surface area contributed by atoms with Crippen molar-refractivity contribution in [3.63, 3.8) is 0 Å². The number of aromatic nitrogens is 4. The van der Waals surface area contributed by atoms with Crippen LogP contribution in [0.4, 0.5) is 5.82 Å². The van der Waals surface area contributed by atoms with Gasteiger partial charge in [0.15, 0.2) is 5.82 Å². The summed E-state index contributed by atoms with van der Waals surface area (Å²) in [7, 11) is 0. The van der Waals surface area contributed by atoms with Crippen molar-refractivity contribution in [1.29, 1.82) is 0 Å².